The molecule has 0 aromatic rings. The first-order valence-electron chi connectivity index (χ1n) is 4.07. The van der Waals surface area contributed by atoms with Crippen LogP contribution >= 0.6 is 16.1 Å². The van der Waals surface area contributed by atoms with E-state index in [1.54, 1.807) is 14.1 Å². The first-order valence-corrected chi connectivity index (χ1v) is 4.78. The zero-order valence-corrected chi connectivity index (χ0v) is 10.5. The molecule has 0 spiro atoms. The molecule has 1 aliphatic rings. The maximum absolute atomic E-state index is 10.4. The summed E-state index contributed by atoms with van der Waals surface area (Å²) < 4.78 is 0.979. The van der Waals surface area contributed by atoms with Gasteiger partial charge in [-0.1, -0.05) is 0 Å². The Bertz CT molecular complexity index is 205. The van der Waals surface area contributed by atoms with E-state index in [-0.39, 0.29) is 11.8 Å². The van der Waals surface area contributed by atoms with E-state index in [0.29, 0.717) is 12.8 Å². The van der Waals surface area contributed by atoms with Crippen LogP contribution in [-0.2, 0) is 14.4 Å². The number of imide groups is 1. The molecule has 0 aromatic heterocycles. The lowest BCUT2D eigenvalue weighted by Gasteiger charge is -1.97. The molecule has 0 radical (unpaired) electrons. The van der Waals surface area contributed by atoms with Gasteiger partial charge in [0.05, 0.1) is 16.1 Å². The van der Waals surface area contributed by atoms with Gasteiger partial charge in [0.2, 0.25) is 18.2 Å². The number of aliphatic hydroxyl groups excluding tert-OH is 1. The molecule has 15 heavy (non-hydrogen) atoms. The van der Waals surface area contributed by atoms with Crippen LogP contribution in [0.3, 0.4) is 0 Å². The Morgan fingerprint density at radius 3 is 1.60 bits per heavy atom. The van der Waals surface area contributed by atoms with Crippen molar-refractivity contribution in [3.8, 4) is 0 Å². The number of rotatable bonds is 1. The van der Waals surface area contributed by atoms with Crippen LogP contribution in [0.5, 0.6) is 0 Å². The van der Waals surface area contributed by atoms with Crippen LogP contribution in [0.2, 0.25) is 0 Å². The molecule has 1 aliphatic heterocycles. The highest BCUT2D eigenvalue weighted by Gasteiger charge is 2.26. The van der Waals surface area contributed by atoms with E-state index < -0.39 is 0 Å². The molecule has 1 fully saturated rings. The fraction of sp³-hybridized carbons (Fsp3) is 0.625. The summed E-state index contributed by atoms with van der Waals surface area (Å²) in [6, 6.07) is 0. The van der Waals surface area contributed by atoms with E-state index in [0.717, 1.165) is 17.4 Å². The maximum atomic E-state index is 10.4. The number of nitrogens with zero attached hydrogens (tertiary/aromatic N) is 2. The first kappa shape index (κ1) is 16.5. The van der Waals surface area contributed by atoms with Gasteiger partial charge >= 0.3 is 0 Å². The summed E-state index contributed by atoms with van der Waals surface area (Å²) in [6.07, 6.45) is 1.45. The maximum Gasteiger partial charge on any atom is 0.239 e. The zero-order valence-electron chi connectivity index (χ0n) is 8.94. The fourth-order valence-corrected chi connectivity index (χ4v) is 0.904. The molecular weight excluding hydrogens is 268 g/mol. The van der Waals surface area contributed by atoms with E-state index in [1.807, 2.05) is 0 Å². The van der Waals surface area contributed by atoms with Gasteiger partial charge in [0.1, 0.15) is 0 Å². The topological polar surface area (TPSA) is 77.9 Å². The monoisotopic (exact) mass is 282 g/mol. The van der Waals surface area contributed by atoms with Gasteiger partial charge in [0.15, 0.2) is 0 Å². The molecule has 0 aromatic carbocycles. The van der Waals surface area contributed by atoms with Gasteiger partial charge in [-0.25, -0.2) is 3.93 Å². The average Bonchev–Trinajstić information content (AvgIpc) is 2.53. The van der Waals surface area contributed by atoms with Crippen LogP contribution in [0, 0.1) is 0 Å². The number of hydrogen-bond donors (Lipinski definition) is 1. The molecule has 3 amide bonds. The highest BCUT2D eigenvalue weighted by molar-refractivity contribution is 9.08. The van der Waals surface area contributed by atoms with Gasteiger partial charge < -0.3 is 10.0 Å². The average molecular weight is 283 g/mol. The van der Waals surface area contributed by atoms with Crippen molar-refractivity contribution in [2.24, 2.45) is 0 Å². The molecule has 1 rings (SSSR count). The second-order valence-corrected chi connectivity index (χ2v) is 3.35. The molecule has 0 bridgehead atoms. The van der Waals surface area contributed by atoms with E-state index in [2.05, 4.69) is 16.1 Å². The summed E-state index contributed by atoms with van der Waals surface area (Å²) in [6.45, 7) is 0. The lowest BCUT2D eigenvalue weighted by molar-refractivity contribution is -0.131. The molecule has 0 aliphatic carbocycles. The van der Waals surface area contributed by atoms with Crippen LogP contribution in [-0.4, -0.2) is 53.4 Å². The lowest BCUT2D eigenvalue weighted by Crippen LogP contribution is -2.16. The van der Waals surface area contributed by atoms with Crippen molar-refractivity contribution >= 4 is 34.4 Å². The number of carbonyl (C=O) groups excluding carboxylic acids is 3. The van der Waals surface area contributed by atoms with Crippen molar-refractivity contribution in [1.82, 2.24) is 8.83 Å². The van der Waals surface area contributed by atoms with Crippen molar-refractivity contribution < 1.29 is 19.5 Å². The second-order valence-electron chi connectivity index (χ2n) is 2.64. The molecule has 7 heteroatoms. The predicted molar refractivity (Wildman–Crippen MR) is 57.9 cm³/mol. The Hall–Kier alpha value is -0.950. The van der Waals surface area contributed by atoms with Gasteiger partial charge in [-0.05, 0) is 0 Å². The van der Waals surface area contributed by atoms with Crippen molar-refractivity contribution in [1.29, 1.82) is 0 Å². The lowest BCUT2D eigenvalue weighted by atomic mass is 10.4. The molecular formula is C8H15BrN2O4. The molecule has 1 heterocycles. The predicted octanol–water partition coefficient (Wildman–Crippen LogP) is -0.242. The molecule has 88 valence electrons. The van der Waals surface area contributed by atoms with Crippen molar-refractivity contribution in [3.63, 3.8) is 0 Å². The number of amides is 3. The molecule has 0 saturated carbocycles. The van der Waals surface area contributed by atoms with E-state index in [4.69, 9.17) is 5.11 Å². The Morgan fingerprint density at radius 2 is 1.53 bits per heavy atom. The van der Waals surface area contributed by atoms with Crippen molar-refractivity contribution in [2.75, 3.05) is 21.2 Å². The van der Waals surface area contributed by atoms with Gasteiger partial charge in [-0.15, -0.1) is 0 Å². The fourth-order valence-electron chi connectivity index (χ4n) is 0.549. The van der Waals surface area contributed by atoms with E-state index >= 15 is 0 Å². The normalized spacial score (nSPS) is 13.5. The van der Waals surface area contributed by atoms with Gasteiger partial charge in [-0.2, -0.15) is 0 Å². The molecule has 6 nitrogen and oxygen atoms in total. The Balaban J connectivity index is 0. The Labute approximate surface area is 97.2 Å². The SMILES string of the molecule is CN(C)C=O.CO.O=C1CCC(=O)N1Br. The van der Waals surface area contributed by atoms with E-state index in [9.17, 15) is 14.4 Å². The zero-order chi connectivity index (χ0) is 12.4. The molecule has 0 atom stereocenters. The van der Waals surface area contributed by atoms with Crippen molar-refractivity contribution in [3.05, 3.63) is 0 Å². The quantitative estimate of drug-likeness (QED) is 0.409. The highest BCUT2D eigenvalue weighted by Crippen LogP contribution is 2.14. The van der Waals surface area contributed by atoms with Gasteiger partial charge in [-0.3, -0.25) is 14.4 Å². The van der Waals surface area contributed by atoms with Crippen LogP contribution in [0.15, 0.2) is 0 Å². The summed E-state index contributed by atoms with van der Waals surface area (Å²) >= 11 is 2.80. The largest absolute Gasteiger partial charge is 0.400 e. The second kappa shape index (κ2) is 9.60. The number of carbonyl (C=O) groups is 3. The summed E-state index contributed by atoms with van der Waals surface area (Å²) in [7, 11) is 4.38. The third kappa shape index (κ3) is 8.07. The van der Waals surface area contributed by atoms with Gasteiger partial charge in [0, 0.05) is 34.0 Å². The van der Waals surface area contributed by atoms with E-state index in [1.165, 1.54) is 4.90 Å². The summed E-state index contributed by atoms with van der Waals surface area (Å²) in [5.74, 6) is -0.287. The number of aliphatic hydroxyl groups is 1. The minimum absolute atomic E-state index is 0.144. The summed E-state index contributed by atoms with van der Waals surface area (Å²) in [5.41, 5.74) is 0. The van der Waals surface area contributed by atoms with Crippen LogP contribution < -0.4 is 0 Å². The smallest absolute Gasteiger partial charge is 0.239 e. The molecule has 0 unspecified atom stereocenters. The highest BCUT2D eigenvalue weighted by atomic mass is 79.9. The van der Waals surface area contributed by atoms with Crippen LogP contribution in [0.1, 0.15) is 12.8 Å². The summed E-state index contributed by atoms with van der Waals surface area (Å²) in [5, 5.41) is 7.00. The first-order chi connectivity index (χ1) is 6.99. The number of hydrogen-bond acceptors (Lipinski definition) is 4. The number of halogens is 1. The van der Waals surface area contributed by atoms with Crippen LogP contribution in [0.25, 0.3) is 0 Å². The molecule has 1 saturated heterocycles. The van der Waals surface area contributed by atoms with Gasteiger partial charge in [0.25, 0.3) is 0 Å². The van der Waals surface area contributed by atoms with Crippen LogP contribution in [0.4, 0.5) is 0 Å². The third-order valence-electron chi connectivity index (χ3n) is 1.20. The molecule has 1 N–H and O–H groups in total. The Morgan fingerprint density at radius 1 is 1.27 bits per heavy atom. The standard InChI is InChI=1S/C4H4BrNO2.C3H7NO.CH4O/c5-6-3(7)1-2-4(6)8;1-4(2)3-5;1-2/h1-2H2;3H,1-2H3;2H,1H3. The third-order valence-corrected chi connectivity index (χ3v) is 1.99. The minimum atomic E-state index is -0.144. The van der Waals surface area contributed by atoms with Crippen molar-refractivity contribution in [2.45, 2.75) is 12.8 Å². The summed E-state index contributed by atoms with van der Waals surface area (Å²) in [4.78, 5) is 31.8. The Kier molecular flexibility index (Phi) is 10.5. The minimum Gasteiger partial charge on any atom is -0.400 e.